The van der Waals surface area contributed by atoms with Crippen molar-refractivity contribution in [3.05, 3.63) is 52.9 Å². The van der Waals surface area contributed by atoms with E-state index in [9.17, 15) is 4.79 Å². The molecule has 8 heteroatoms. The fourth-order valence-corrected chi connectivity index (χ4v) is 3.00. The zero-order valence-corrected chi connectivity index (χ0v) is 13.4. The first-order valence-electron chi connectivity index (χ1n) is 7.40. The molecule has 0 unspecified atom stereocenters. The number of nitrogens with zero attached hydrogens (tertiary/aromatic N) is 5. The first-order valence-corrected chi connectivity index (χ1v) is 8.28. The molecule has 0 aliphatic carbocycles. The molecular weight excluding hydrogens is 326 g/mol. The minimum absolute atomic E-state index is 0.00619. The lowest BCUT2D eigenvalue weighted by Crippen LogP contribution is -2.47. The molecule has 0 bridgehead atoms. The summed E-state index contributed by atoms with van der Waals surface area (Å²) in [4.78, 5) is 27.4. The van der Waals surface area contributed by atoms with E-state index in [2.05, 4.69) is 20.1 Å². The molecule has 120 valence electrons. The number of hydrogen-bond acceptors (Lipinski definition) is 7. The van der Waals surface area contributed by atoms with E-state index in [-0.39, 0.29) is 11.8 Å². The topological polar surface area (TPSA) is 85.0 Å². The van der Waals surface area contributed by atoms with Crippen molar-refractivity contribution in [2.24, 2.45) is 0 Å². The van der Waals surface area contributed by atoms with Crippen LogP contribution in [0.25, 0.3) is 17.6 Å². The number of rotatable bonds is 4. The van der Waals surface area contributed by atoms with Gasteiger partial charge in [-0.05, 0) is 17.5 Å². The highest BCUT2D eigenvalue weighted by Crippen LogP contribution is 2.27. The second kappa shape index (κ2) is 6.32. The highest BCUT2D eigenvalue weighted by atomic mass is 32.1. The van der Waals surface area contributed by atoms with Gasteiger partial charge in [-0.25, -0.2) is 4.98 Å². The van der Waals surface area contributed by atoms with Gasteiger partial charge in [-0.1, -0.05) is 11.2 Å². The molecule has 24 heavy (non-hydrogen) atoms. The van der Waals surface area contributed by atoms with Gasteiger partial charge in [0.1, 0.15) is 5.69 Å². The van der Waals surface area contributed by atoms with E-state index >= 15 is 0 Å². The van der Waals surface area contributed by atoms with E-state index in [4.69, 9.17) is 4.52 Å². The summed E-state index contributed by atoms with van der Waals surface area (Å²) in [7, 11) is 0. The fraction of sp³-hybridized carbons (Fsp3) is 0.188. The molecule has 0 radical (unpaired) electrons. The third-order valence-corrected chi connectivity index (χ3v) is 4.55. The van der Waals surface area contributed by atoms with Gasteiger partial charge in [0.25, 0.3) is 0 Å². The first-order chi connectivity index (χ1) is 11.8. The van der Waals surface area contributed by atoms with Crippen molar-refractivity contribution in [3.8, 4) is 11.5 Å². The molecule has 1 aliphatic heterocycles. The number of hydrogen-bond donors (Lipinski definition) is 0. The van der Waals surface area contributed by atoms with Crippen LogP contribution in [0.5, 0.6) is 0 Å². The van der Waals surface area contributed by atoms with E-state index in [0.717, 1.165) is 4.88 Å². The Bertz CT molecular complexity index is 854. The molecule has 0 N–H and O–H groups in total. The van der Waals surface area contributed by atoms with E-state index in [1.165, 1.54) is 0 Å². The van der Waals surface area contributed by atoms with Crippen molar-refractivity contribution >= 4 is 23.3 Å². The fourth-order valence-electron chi connectivity index (χ4n) is 2.38. The minimum Gasteiger partial charge on any atom is -0.338 e. The smallest absolute Gasteiger partial charge is 0.246 e. The van der Waals surface area contributed by atoms with E-state index in [1.807, 2.05) is 23.6 Å². The second-order valence-corrected chi connectivity index (χ2v) is 6.32. The number of aromatic nitrogens is 4. The molecule has 1 aliphatic rings. The van der Waals surface area contributed by atoms with Crippen LogP contribution >= 0.6 is 11.3 Å². The Morgan fingerprint density at radius 3 is 3.04 bits per heavy atom. The summed E-state index contributed by atoms with van der Waals surface area (Å²) in [5.41, 5.74) is 0.568. The Labute approximate surface area is 141 Å². The Hall–Kier alpha value is -2.87. The molecule has 0 saturated carbocycles. The van der Waals surface area contributed by atoms with Gasteiger partial charge in [0.2, 0.25) is 17.6 Å². The Morgan fingerprint density at radius 2 is 2.29 bits per heavy atom. The lowest BCUT2D eigenvalue weighted by atomic mass is 10.00. The van der Waals surface area contributed by atoms with Crippen LogP contribution in [0, 0.1) is 0 Å². The average molecular weight is 339 g/mol. The summed E-state index contributed by atoms with van der Waals surface area (Å²) in [5, 5.41) is 5.90. The predicted octanol–water partition coefficient (Wildman–Crippen LogP) is 2.23. The van der Waals surface area contributed by atoms with Crippen molar-refractivity contribution in [3.63, 3.8) is 0 Å². The molecule has 0 atom stereocenters. The van der Waals surface area contributed by atoms with Gasteiger partial charge >= 0.3 is 0 Å². The molecule has 1 saturated heterocycles. The largest absolute Gasteiger partial charge is 0.338 e. The third-order valence-electron chi connectivity index (χ3n) is 3.71. The van der Waals surface area contributed by atoms with E-state index < -0.39 is 0 Å². The molecule has 0 spiro atoms. The van der Waals surface area contributed by atoms with Gasteiger partial charge in [-0.2, -0.15) is 4.98 Å². The van der Waals surface area contributed by atoms with E-state index in [1.54, 1.807) is 40.9 Å². The number of carbonyl (C=O) groups excluding carboxylic acids is 1. The number of thiophene rings is 1. The molecule has 1 amide bonds. The Kier molecular flexibility index (Phi) is 3.87. The zero-order valence-electron chi connectivity index (χ0n) is 12.6. The van der Waals surface area contributed by atoms with Crippen LogP contribution in [-0.2, 0) is 4.79 Å². The summed E-state index contributed by atoms with van der Waals surface area (Å²) in [5.74, 6) is 1.01. The van der Waals surface area contributed by atoms with E-state index in [0.29, 0.717) is 30.5 Å². The molecule has 3 aromatic rings. The van der Waals surface area contributed by atoms with Gasteiger partial charge in [0.05, 0.1) is 12.1 Å². The summed E-state index contributed by atoms with van der Waals surface area (Å²) >= 11 is 1.60. The third kappa shape index (κ3) is 2.95. The van der Waals surface area contributed by atoms with Crippen molar-refractivity contribution in [2.45, 2.75) is 5.92 Å². The monoisotopic (exact) mass is 339 g/mol. The van der Waals surface area contributed by atoms with Crippen molar-refractivity contribution in [2.75, 3.05) is 13.1 Å². The van der Waals surface area contributed by atoms with Crippen LogP contribution in [0.1, 0.15) is 16.7 Å². The van der Waals surface area contributed by atoms with Crippen LogP contribution in [-0.4, -0.2) is 44.0 Å². The Balaban J connectivity index is 1.36. The molecule has 3 aromatic heterocycles. The summed E-state index contributed by atoms with van der Waals surface area (Å²) < 4.78 is 5.29. The maximum Gasteiger partial charge on any atom is 0.246 e. The van der Waals surface area contributed by atoms with Gasteiger partial charge in [-0.15, -0.1) is 11.3 Å². The lowest BCUT2D eigenvalue weighted by molar-refractivity contribution is -0.130. The van der Waals surface area contributed by atoms with Crippen LogP contribution in [0.15, 0.2) is 46.7 Å². The summed E-state index contributed by atoms with van der Waals surface area (Å²) in [6.45, 7) is 1.16. The average Bonchev–Trinajstić information content (AvgIpc) is 3.24. The molecule has 7 nitrogen and oxygen atoms in total. The number of carbonyl (C=O) groups is 1. The maximum atomic E-state index is 12.1. The van der Waals surface area contributed by atoms with Gasteiger partial charge in [0.15, 0.2) is 0 Å². The van der Waals surface area contributed by atoms with Crippen LogP contribution in [0.2, 0.25) is 0 Å². The quantitative estimate of drug-likeness (QED) is 0.678. The molecule has 4 rings (SSSR count). The number of amides is 1. The summed E-state index contributed by atoms with van der Waals surface area (Å²) in [6.07, 6.45) is 8.18. The SMILES string of the molecule is O=C(/C=C/c1cccs1)N1CC(c2nc(-c3cnccn3)no2)C1. The van der Waals surface area contributed by atoms with Crippen LogP contribution < -0.4 is 0 Å². The maximum absolute atomic E-state index is 12.1. The highest BCUT2D eigenvalue weighted by Gasteiger charge is 2.34. The van der Waals surface area contributed by atoms with Gasteiger partial charge in [-0.3, -0.25) is 9.78 Å². The Morgan fingerprint density at radius 1 is 1.38 bits per heavy atom. The predicted molar refractivity (Wildman–Crippen MR) is 88.0 cm³/mol. The standard InChI is InChI=1S/C16H13N5O2S/c22-14(4-3-12-2-1-7-24-12)21-9-11(10-21)16-19-15(20-23-16)13-8-17-5-6-18-13/h1-8,11H,9-10H2/b4-3+. The molecule has 1 fully saturated rings. The van der Waals surface area contributed by atoms with Crippen molar-refractivity contribution < 1.29 is 9.32 Å². The molecular formula is C16H13N5O2S. The highest BCUT2D eigenvalue weighted by molar-refractivity contribution is 7.10. The van der Waals surface area contributed by atoms with Crippen LogP contribution in [0.3, 0.4) is 0 Å². The molecule has 4 heterocycles. The summed E-state index contributed by atoms with van der Waals surface area (Å²) in [6, 6.07) is 3.93. The van der Waals surface area contributed by atoms with Gasteiger partial charge < -0.3 is 9.42 Å². The second-order valence-electron chi connectivity index (χ2n) is 5.34. The molecule has 0 aromatic carbocycles. The van der Waals surface area contributed by atoms with Gasteiger partial charge in [0, 0.05) is 36.4 Å². The normalized spacial score (nSPS) is 14.9. The lowest BCUT2D eigenvalue weighted by Gasteiger charge is -2.36. The first kappa shape index (κ1) is 14.7. The van der Waals surface area contributed by atoms with Crippen molar-refractivity contribution in [1.82, 2.24) is 25.0 Å². The van der Waals surface area contributed by atoms with Crippen molar-refractivity contribution in [1.29, 1.82) is 0 Å². The number of likely N-dealkylation sites (tertiary alicyclic amines) is 1. The zero-order chi connectivity index (χ0) is 16.4. The minimum atomic E-state index is -0.00619. The van der Waals surface area contributed by atoms with Crippen LogP contribution in [0.4, 0.5) is 0 Å².